The first-order valence-electron chi connectivity index (χ1n) is 4.94. The summed E-state index contributed by atoms with van der Waals surface area (Å²) < 4.78 is 5.32. The molecule has 0 unspecified atom stereocenters. The average molecular weight is 187 g/mol. The molecule has 72 valence electrons. The quantitative estimate of drug-likeness (QED) is 0.668. The maximum absolute atomic E-state index is 5.32. The molecule has 1 N–H and O–H groups in total. The average Bonchev–Trinajstić information content (AvgIpc) is 2.15. The summed E-state index contributed by atoms with van der Waals surface area (Å²) in [5.41, 5.74) is 4.14. The molecule has 0 aromatic heterocycles. The highest BCUT2D eigenvalue weighted by atomic mass is 16.5. The van der Waals surface area contributed by atoms with Crippen LogP contribution in [0.15, 0.2) is 24.4 Å². The van der Waals surface area contributed by atoms with Crippen LogP contribution in [0.2, 0.25) is 0 Å². The number of benzene rings is 1. The first-order chi connectivity index (χ1) is 6.82. The van der Waals surface area contributed by atoms with E-state index in [4.69, 9.17) is 4.74 Å². The Balaban J connectivity index is 2.20. The van der Waals surface area contributed by atoms with Crippen molar-refractivity contribution in [3.63, 3.8) is 0 Å². The standard InChI is InChI=1S/C12H13NO/c1-9-3-2-4-11-10(9)5-6-13-12(11)7-14-8-12/h2-6,13H,7-8H2,1H3. The van der Waals surface area contributed by atoms with E-state index in [1.54, 1.807) is 0 Å². The van der Waals surface area contributed by atoms with Crippen LogP contribution in [-0.4, -0.2) is 13.2 Å². The summed E-state index contributed by atoms with van der Waals surface area (Å²) in [6.07, 6.45) is 4.19. The van der Waals surface area contributed by atoms with E-state index in [0.717, 1.165) is 13.2 Å². The zero-order chi connectivity index (χ0) is 9.60. The Morgan fingerprint density at radius 2 is 2.21 bits per heavy atom. The molecule has 0 atom stereocenters. The monoisotopic (exact) mass is 187 g/mol. The second-order valence-electron chi connectivity index (χ2n) is 4.09. The summed E-state index contributed by atoms with van der Waals surface area (Å²) in [5, 5.41) is 3.41. The van der Waals surface area contributed by atoms with E-state index in [2.05, 4.69) is 36.5 Å². The lowest BCUT2D eigenvalue weighted by molar-refractivity contribution is -0.0724. The number of nitrogens with one attached hydrogen (secondary N) is 1. The van der Waals surface area contributed by atoms with E-state index < -0.39 is 0 Å². The SMILES string of the molecule is Cc1cccc2c1C=CNC21COC1. The molecule has 2 nitrogen and oxygen atoms in total. The van der Waals surface area contributed by atoms with E-state index in [0.29, 0.717) is 0 Å². The summed E-state index contributed by atoms with van der Waals surface area (Å²) in [6.45, 7) is 3.73. The normalized spacial score (nSPS) is 21.2. The van der Waals surface area contributed by atoms with Crippen LogP contribution in [-0.2, 0) is 10.3 Å². The van der Waals surface area contributed by atoms with Crippen molar-refractivity contribution in [2.45, 2.75) is 12.5 Å². The lowest BCUT2D eigenvalue weighted by Gasteiger charge is -2.45. The van der Waals surface area contributed by atoms with Gasteiger partial charge in [0.25, 0.3) is 0 Å². The smallest absolute Gasteiger partial charge is 0.110 e. The predicted octanol–water partition coefficient (Wildman–Crippen LogP) is 1.79. The molecule has 1 fully saturated rings. The summed E-state index contributed by atoms with van der Waals surface area (Å²) in [5.74, 6) is 0. The molecule has 1 spiro atoms. The minimum atomic E-state index is 0.0656. The maximum atomic E-state index is 5.32. The van der Waals surface area contributed by atoms with Crippen LogP contribution in [0.25, 0.3) is 6.08 Å². The van der Waals surface area contributed by atoms with Gasteiger partial charge in [0.2, 0.25) is 0 Å². The van der Waals surface area contributed by atoms with E-state index >= 15 is 0 Å². The first kappa shape index (κ1) is 8.06. The van der Waals surface area contributed by atoms with Crippen molar-refractivity contribution in [3.8, 4) is 0 Å². The van der Waals surface area contributed by atoms with Crippen LogP contribution in [0.3, 0.4) is 0 Å². The fraction of sp³-hybridized carbons (Fsp3) is 0.333. The van der Waals surface area contributed by atoms with Gasteiger partial charge in [-0.05, 0) is 35.9 Å². The molecule has 1 aromatic rings. The minimum absolute atomic E-state index is 0.0656. The van der Waals surface area contributed by atoms with Crippen LogP contribution in [0.1, 0.15) is 16.7 Å². The van der Waals surface area contributed by atoms with Gasteiger partial charge in [0, 0.05) is 0 Å². The van der Waals surface area contributed by atoms with Gasteiger partial charge in [-0.2, -0.15) is 0 Å². The topological polar surface area (TPSA) is 21.3 Å². The second-order valence-corrected chi connectivity index (χ2v) is 4.09. The Hall–Kier alpha value is -1.28. The largest absolute Gasteiger partial charge is 0.377 e. The zero-order valence-electron chi connectivity index (χ0n) is 8.21. The van der Waals surface area contributed by atoms with E-state index in [-0.39, 0.29) is 5.54 Å². The van der Waals surface area contributed by atoms with Crippen LogP contribution >= 0.6 is 0 Å². The van der Waals surface area contributed by atoms with Gasteiger partial charge >= 0.3 is 0 Å². The lowest BCUT2D eigenvalue weighted by atomic mass is 9.81. The Labute approximate surface area is 83.6 Å². The summed E-state index contributed by atoms with van der Waals surface area (Å²) in [4.78, 5) is 0. The van der Waals surface area contributed by atoms with Gasteiger partial charge in [-0.1, -0.05) is 18.2 Å². The summed E-state index contributed by atoms with van der Waals surface area (Å²) in [7, 11) is 0. The number of rotatable bonds is 0. The van der Waals surface area contributed by atoms with Gasteiger partial charge < -0.3 is 10.1 Å². The van der Waals surface area contributed by atoms with Gasteiger partial charge in [0.05, 0.1) is 13.2 Å². The maximum Gasteiger partial charge on any atom is 0.110 e. The predicted molar refractivity (Wildman–Crippen MR) is 55.8 cm³/mol. The number of fused-ring (bicyclic) bond motifs is 2. The third-order valence-corrected chi connectivity index (χ3v) is 3.15. The molecule has 0 radical (unpaired) electrons. The number of hydrogen-bond acceptors (Lipinski definition) is 2. The molecule has 2 heteroatoms. The molecule has 2 aliphatic heterocycles. The Morgan fingerprint density at radius 3 is 2.93 bits per heavy atom. The van der Waals surface area contributed by atoms with Crippen molar-refractivity contribution >= 4 is 6.08 Å². The molecule has 0 bridgehead atoms. The van der Waals surface area contributed by atoms with Gasteiger partial charge in [-0.25, -0.2) is 0 Å². The molecular weight excluding hydrogens is 174 g/mol. The number of hydrogen-bond donors (Lipinski definition) is 1. The van der Waals surface area contributed by atoms with Crippen LogP contribution < -0.4 is 5.32 Å². The van der Waals surface area contributed by atoms with Gasteiger partial charge in [0.1, 0.15) is 5.54 Å². The van der Waals surface area contributed by atoms with Gasteiger partial charge in [0.15, 0.2) is 0 Å². The molecule has 0 saturated carbocycles. The third-order valence-electron chi connectivity index (χ3n) is 3.15. The van der Waals surface area contributed by atoms with Crippen molar-refractivity contribution in [3.05, 3.63) is 41.1 Å². The molecule has 3 rings (SSSR count). The molecule has 14 heavy (non-hydrogen) atoms. The molecule has 2 aliphatic rings. The Kier molecular flexibility index (Phi) is 1.50. The highest BCUT2D eigenvalue weighted by Gasteiger charge is 2.42. The van der Waals surface area contributed by atoms with Crippen LogP contribution in [0.4, 0.5) is 0 Å². The number of aryl methyl sites for hydroxylation is 1. The van der Waals surface area contributed by atoms with Crippen molar-refractivity contribution in [2.75, 3.05) is 13.2 Å². The van der Waals surface area contributed by atoms with Crippen LogP contribution in [0.5, 0.6) is 0 Å². The Morgan fingerprint density at radius 1 is 1.36 bits per heavy atom. The van der Waals surface area contributed by atoms with Gasteiger partial charge in [-0.3, -0.25) is 0 Å². The fourth-order valence-electron chi connectivity index (χ4n) is 2.23. The number of ether oxygens (including phenoxy) is 1. The molecule has 2 heterocycles. The summed E-state index contributed by atoms with van der Waals surface area (Å²) >= 11 is 0. The molecule has 0 amide bonds. The third kappa shape index (κ3) is 0.891. The zero-order valence-corrected chi connectivity index (χ0v) is 8.21. The highest BCUT2D eigenvalue weighted by molar-refractivity contribution is 5.62. The molecular formula is C12H13NO. The second kappa shape index (κ2) is 2.61. The van der Waals surface area contributed by atoms with E-state index in [1.165, 1.54) is 16.7 Å². The van der Waals surface area contributed by atoms with E-state index in [9.17, 15) is 0 Å². The summed E-state index contributed by atoms with van der Waals surface area (Å²) in [6, 6.07) is 6.47. The van der Waals surface area contributed by atoms with Gasteiger partial charge in [-0.15, -0.1) is 0 Å². The lowest BCUT2D eigenvalue weighted by Crippen LogP contribution is -2.57. The molecule has 0 aliphatic carbocycles. The van der Waals surface area contributed by atoms with Crippen molar-refractivity contribution in [1.82, 2.24) is 5.32 Å². The fourth-order valence-corrected chi connectivity index (χ4v) is 2.23. The molecule has 1 aromatic carbocycles. The Bertz CT molecular complexity index is 405. The van der Waals surface area contributed by atoms with Crippen molar-refractivity contribution in [2.24, 2.45) is 0 Å². The van der Waals surface area contributed by atoms with Crippen LogP contribution in [0, 0.1) is 6.92 Å². The minimum Gasteiger partial charge on any atom is -0.377 e. The van der Waals surface area contributed by atoms with Crippen molar-refractivity contribution in [1.29, 1.82) is 0 Å². The van der Waals surface area contributed by atoms with E-state index in [1.807, 2.05) is 6.20 Å². The molecule has 1 saturated heterocycles. The highest BCUT2D eigenvalue weighted by Crippen LogP contribution is 2.36. The van der Waals surface area contributed by atoms with Crippen molar-refractivity contribution < 1.29 is 4.74 Å². The first-order valence-corrected chi connectivity index (χ1v) is 4.94.